The van der Waals surface area contributed by atoms with E-state index in [-0.39, 0.29) is 6.10 Å². The number of hydrogen-bond donors (Lipinski definition) is 0. The molecule has 4 aromatic rings. The van der Waals surface area contributed by atoms with E-state index in [1.54, 1.807) is 28.2 Å². The molecule has 3 heterocycles. The molecule has 0 unspecified atom stereocenters. The van der Waals surface area contributed by atoms with Crippen LogP contribution in [0.15, 0.2) is 70.7 Å². The number of thioether (sulfide) groups is 1. The van der Waals surface area contributed by atoms with Crippen molar-refractivity contribution in [2.24, 2.45) is 5.92 Å². The topological polar surface area (TPSA) is 64.4 Å². The van der Waals surface area contributed by atoms with Crippen molar-refractivity contribution in [2.45, 2.75) is 61.1 Å². The van der Waals surface area contributed by atoms with E-state index < -0.39 is 10.0 Å². The first-order valence-electron chi connectivity index (χ1n) is 13.2. The Hall–Kier alpha value is -2.39. The van der Waals surface area contributed by atoms with Gasteiger partial charge in [-0.25, -0.2) is 13.4 Å². The number of aromatic nitrogens is 2. The van der Waals surface area contributed by atoms with Crippen LogP contribution in [0.1, 0.15) is 38.2 Å². The lowest BCUT2D eigenvalue weighted by Gasteiger charge is -2.30. The molecule has 0 aliphatic carbocycles. The van der Waals surface area contributed by atoms with Gasteiger partial charge in [-0.3, -0.25) is 0 Å². The number of piperidine rings is 1. The van der Waals surface area contributed by atoms with Crippen molar-refractivity contribution in [1.29, 1.82) is 0 Å². The van der Waals surface area contributed by atoms with Crippen LogP contribution in [0.2, 0.25) is 0 Å². The summed E-state index contributed by atoms with van der Waals surface area (Å²) >= 11 is 1.70. The van der Waals surface area contributed by atoms with Crippen LogP contribution in [0, 0.1) is 5.92 Å². The van der Waals surface area contributed by atoms with E-state index in [9.17, 15) is 8.42 Å². The standard InChI is InChI=1S/C29H33N3O3S2/c1-21-6-4-14-31(18-21)37(33,34)26-12-13-28-27(17-26)30-29(32(28)19-25-9-5-15-35-25)36-20-22-10-11-23-7-2-3-8-24(23)16-22/h2-3,7-8,10-13,16-17,21,25H,4-6,9,14-15,18-20H2,1H3/t21-,25-/m1/s1. The van der Waals surface area contributed by atoms with E-state index in [2.05, 4.69) is 54.0 Å². The van der Waals surface area contributed by atoms with Gasteiger partial charge in [0.05, 0.1) is 28.6 Å². The first-order chi connectivity index (χ1) is 18.0. The number of nitrogens with zero attached hydrogens (tertiary/aromatic N) is 3. The summed E-state index contributed by atoms with van der Waals surface area (Å²) in [7, 11) is -3.54. The molecule has 194 valence electrons. The summed E-state index contributed by atoms with van der Waals surface area (Å²) in [6, 6.07) is 20.4. The normalized spacial score (nSPS) is 21.2. The number of sulfonamides is 1. The summed E-state index contributed by atoms with van der Waals surface area (Å²) in [5, 5.41) is 3.37. The third-order valence-electron chi connectivity index (χ3n) is 7.53. The smallest absolute Gasteiger partial charge is 0.243 e. The molecule has 0 spiro atoms. The fourth-order valence-electron chi connectivity index (χ4n) is 5.52. The zero-order valence-electron chi connectivity index (χ0n) is 21.2. The minimum atomic E-state index is -3.54. The maximum absolute atomic E-state index is 13.4. The number of hydrogen-bond acceptors (Lipinski definition) is 5. The molecule has 0 radical (unpaired) electrons. The summed E-state index contributed by atoms with van der Waals surface area (Å²) in [5.41, 5.74) is 2.93. The summed E-state index contributed by atoms with van der Waals surface area (Å²) in [4.78, 5) is 5.29. The highest BCUT2D eigenvalue weighted by Gasteiger charge is 2.29. The Kier molecular flexibility index (Phi) is 7.01. The number of rotatable bonds is 7. The lowest BCUT2D eigenvalue weighted by atomic mass is 10.0. The second-order valence-corrected chi connectivity index (χ2v) is 13.3. The molecule has 2 fully saturated rings. The minimum Gasteiger partial charge on any atom is -0.376 e. The third kappa shape index (κ3) is 5.17. The lowest BCUT2D eigenvalue weighted by Crippen LogP contribution is -2.39. The average Bonchev–Trinajstić information content (AvgIpc) is 3.55. The van der Waals surface area contributed by atoms with Gasteiger partial charge in [0.25, 0.3) is 0 Å². The van der Waals surface area contributed by atoms with E-state index in [1.807, 2.05) is 6.07 Å². The molecule has 0 saturated carbocycles. The summed E-state index contributed by atoms with van der Waals surface area (Å²) in [5.74, 6) is 1.17. The molecular weight excluding hydrogens is 502 g/mol. The van der Waals surface area contributed by atoms with Gasteiger partial charge in [-0.05, 0) is 66.1 Å². The second kappa shape index (κ2) is 10.4. The summed E-state index contributed by atoms with van der Waals surface area (Å²) in [6.07, 6.45) is 4.27. The van der Waals surface area contributed by atoms with Crippen LogP contribution >= 0.6 is 11.8 Å². The van der Waals surface area contributed by atoms with Crippen LogP contribution in [-0.4, -0.2) is 48.1 Å². The first kappa shape index (κ1) is 24.9. The molecule has 0 N–H and O–H groups in total. The van der Waals surface area contributed by atoms with Gasteiger partial charge in [-0.2, -0.15) is 4.31 Å². The van der Waals surface area contributed by atoms with Crippen molar-refractivity contribution in [2.75, 3.05) is 19.7 Å². The Labute approximate surface area is 223 Å². The van der Waals surface area contributed by atoms with Gasteiger partial charge in [0.1, 0.15) is 0 Å². The molecule has 0 amide bonds. The van der Waals surface area contributed by atoms with Gasteiger partial charge >= 0.3 is 0 Å². The highest BCUT2D eigenvalue weighted by atomic mass is 32.2. The van der Waals surface area contributed by atoms with Crippen LogP contribution < -0.4 is 0 Å². The van der Waals surface area contributed by atoms with Crippen molar-refractivity contribution >= 4 is 43.6 Å². The van der Waals surface area contributed by atoms with Crippen molar-refractivity contribution in [1.82, 2.24) is 13.9 Å². The van der Waals surface area contributed by atoms with E-state index in [0.717, 1.165) is 60.8 Å². The van der Waals surface area contributed by atoms with Gasteiger partial charge in [0.15, 0.2) is 5.16 Å². The highest BCUT2D eigenvalue weighted by Crippen LogP contribution is 2.32. The number of imidazole rings is 1. The Morgan fingerprint density at radius 1 is 1.03 bits per heavy atom. The number of fused-ring (bicyclic) bond motifs is 2. The Balaban J connectivity index is 1.32. The minimum absolute atomic E-state index is 0.163. The molecule has 6 nitrogen and oxygen atoms in total. The van der Waals surface area contributed by atoms with Crippen LogP contribution in [0.3, 0.4) is 0 Å². The predicted octanol–water partition coefficient (Wildman–Crippen LogP) is 6.08. The molecule has 6 rings (SSSR count). The van der Waals surface area contributed by atoms with Crippen LogP contribution in [-0.2, 0) is 27.1 Å². The second-order valence-electron chi connectivity index (χ2n) is 10.4. The van der Waals surface area contributed by atoms with Crippen LogP contribution in [0.5, 0.6) is 0 Å². The summed E-state index contributed by atoms with van der Waals surface area (Å²) in [6.45, 7) is 4.82. The van der Waals surface area contributed by atoms with Gasteiger partial charge in [0, 0.05) is 25.4 Å². The first-order valence-corrected chi connectivity index (χ1v) is 15.6. The van der Waals surface area contributed by atoms with Gasteiger partial charge in [-0.1, -0.05) is 61.2 Å². The number of ether oxygens (including phenoxy) is 1. The fourth-order valence-corrected chi connectivity index (χ4v) is 8.10. The molecule has 1 aromatic heterocycles. The Morgan fingerprint density at radius 2 is 1.89 bits per heavy atom. The molecule has 37 heavy (non-hydrogen) atoms. The number of benzene rings is 3. The Bertz CT molecular complexity index is 1530. The van der Waals surface area contributed by atoms with E-state index >= 15 is 0 Å². The molecule has 2 aliphatic heterocycles. The molecule has 2 atom stereocenters. The maximum Gasteiger partial charge on any atom is 0.243 e. The molecule has 8 heteroatoms. The molecule has 2 aliphatic rings. The van der Waals surface area contributed by atoms with Crippen molar-refractivity contribution in [3.8, 4) is 0 Å². The van der Waals surface area contributed by atoms with Gasteiger partial charge in [0.2, 0.25) is 10.0 Å². The molecule has 0 bridgehead atoms. The van der Waals surface area contributed by atoms with Crippen LogP contribution in [0.4, 0.5) is 0 Å². The monoisotopic (exact) mass is 535 g/mol. The zero-order valence-corrected chi connectivity index (χ0v) is 22.8. The van der Waals surface area contributed by atoms with Gasteiger partial charge < -0.3 is 9.30 Å². The largest absolute Gasteiger partial charge is 0.376 e. The third-order valence-corrected chi connectivity index (χ3v) is 10.4. The Morgan fingerprint density at radius 3 is 2.70 bits per heavy atom. The van der Waals surface area contributed by atoms with Crippen molar-refractivity contribution in [3.63, 3.8) is 0 Å². The summed E-state index contributed by atoms with van der Waals surface area (Å²) < 4.78 is 36.7. The lowest BCUT2D eigenvalue weighted by molar-refractivity contribution is 0.0960. The molecule has 2 saturated heterocycles. The SMILES string of the molecule is C[C@@H]1CCCN(S(=O)(=O)c2ccc3c(c2)nc(SCc2ccc4ccccc4c2)n3C[C@H]2CCCO2)C1. The van der Waals surface area contributed by atoms with E-state index in [0.29, 0.717) is 23.9 Å². The quantitative estimate of drug-likeness (QED) is 0.268. The van der Waals surface area contributed by atoms with E-state index in [4.69, 9.17) is 9.72 Å². The fraction of sp³-hybridized carbons (Fsp3) is 0.414. The zero-order chi connectivity index (χ0) is 25.4. The predicted molar refractivity (Wildman–Crippen MR) is 149 cm³/mol. The van der Waals surface area contributed by atoms with Crippen LogP contribution in [0.25, 0.3) is 21.8 Å². The molecular formula is C29H33N3O3S2. The highest BCUT2D eigenvalue weighted by molar-refractivity contribution is 7.98. The van der Waals surface area contributed by atoms with Crippen molar-refractivity contribution < 1.29 is 13.2 Å². The van der Waals surface area contributed by atoms with E-state index in [1.165, 1.54) is 16.3 Å². The van der Waals surface area contributed by atoms with Gasteiger partial charge in [-0.15, -0.1) is 0 Å². The maximum atomic E-state index is 13.4. The molecule has 3 aromatic carbocycles. The average molecular weight is 536 g/mol. The van der Waals surface area contributed by atoms with Crippen molar-refractivity contribution in [3.05, 3.63) is 66.2 Å².